The van der Waals surface area contributed by atoms with Crippen molar-refractivity contribution in [2.45, 2.75) is 72.4 Å². The van der Waals surface area contributed by atoms with E-state index in [1.807, 2.05) is 20.8 Å². The van der Waals surface area contributed by atoms with Crippen LogP contribution in [0.4, 0.5) is 4.79 Å². The number of ketones is 1. The molecule has 1 amide bonds. The number of hydrogen-bond donors (Lipinski definition) is 1. The van der Waals surface area contributed by atoms with Gasteiger partial charge in [0.2, 0.25) is 5.78 Å². The minimum Gasteiger partial charge on any atom is -0.444 e. The summed E-state index contributed by atoms with van der Waals surface area (Å²) < 4.78 is 5.19. The number of hydrogen-bond acceptors (Lipinski definition) is 3. The monoisotopic (exact) mass is 281 g/mol. The molecule has 0 aromatic rings. The molecule has 114 valence electrons. The zero-order chi connectivity index (χ0) is 15.8. The van der Waals surface area contributed by atoms with Crippen molar-refractivity contribution in [2.75, 3.05) is 0 Å². The summed E-state index contributed by atoms with van der Waals surface area (Å²) in [6.07, 6.45) is 1.80. The minimum absolute atomic E-state index is 0.0194. The van der Waals surface area contributed by atoms with E-state index in [0.717, 1.165) is 12.8 Å². The highest BCUT2D eigenvalue weighted by molar-refractivity contribution is 6.01. The molecule has 0 aliphatic rings. The van der Waals surface area contributed by atoms with E-state index in [9.17, 15) is 9.59 Å². The standard InChI is InChI=1S/C16H27NO3/c1-7-9-10-11-13(18)14(12(3)8-2)17-15(19)20-16(4,5)6/h12,14H,7-9H2,1-6H3,(H,17,19)/t12-,14-/m0/s1. The Labute approximate surface area is 122 Å². The van der Waals surface area contributed by atoms with Gasteiger partial charge in [-0.15, -0.1) is 0 Å². The van der Waals surface area contributed by atoms with E-state index in [-0.39, 0.29) is 11.7 Å². The number of amides is 1. The number of Topliss-reactive ketones (excluding diaryl/α,β-unsaturated/α-hetero) is 1. The van der Waals surface area contributed by atoms with Gasteiger partial charge < -0.3 is 10.1 Å². The first kappa shape index (κ1) is 18.5. The summed E-state index contributed by atoms with van der Waals surface area (Å²) >= 11 is 0. The number of unbranched alkanes of at least 4 members (excludes halogenated alkanes) is 1. The summed E-state index contributed by atoms with van der Waals surface area (Å²) in [6.45, 7) is 11.3. The number of ether oxygens (including phenoxy) is 1. The molecule has 0 aliphatic carbocycles. The van der Waals surface area contributed by atoms with Crippen LogP contribution in [0.25, 0.3) is 0 Å². The van der Waals surface area contributed by atoms with Crippen LogP contribution in [-0.4, -0.2) is 23.5 Å². The number of carbonyl (C=O) groups excluding carboxylic acids is 2. The van der Waals surface area contributed by atoms with Gasteiger partial charge in [0.1, 0.15) is 11.6 Å². The Hall–Kier alpha value is -1.50. The summed E-state index contributed by atoms with van der Waals surface area (Å²) in [7, 11) is 0. The van der Waals surface area contributed by atoms with Crippen molar-refractivity contribution in [3.8, 4) is 11.8 Å². The van der Waals surface area contributed by atoms with Crippen molar-refractivity contribution < 1.29 is 14.3 Å². The summed E-state index contributed by atoms with van der Waals surface area (Å²) in [5, 5.41) is 2.64. The first-order valence-electron chi connectivity index (χ1n) is 7.23. The third kappa shape index (κ3) is 7.83. The Morgan fingerprint density at radius 1 is 1.25 bits per heavy atom. The van der Waals surface area contributed by atoms with Crippen molar-refractivity contribution in [3.05, 3.63) is 0 Å². The van der Waals surface area contributed by atoms with Crippen molar-refractivity contribution in [3.63, 3.8) is 0 Å². The molecule has 20 heavy (non-hydrogen) atoms. The Morgan fingerprint density at radius 3 is 2.30 bits per heavy atom. The molecule has 0 unspecified atom stereocenters. The maximum Gasteiger partial charge on any atom is 0.408 e. The lowest BCUT2D eigenvalue weighted by atomic mass is 9.95. The van der Waals surface area contributed by atoms with Gasteiger partial charge >= 0.3 is 6.09 Å². The number of nitrogens with one attached hydrogen (secondary N) is 1. The Balaban J connectivity index is 4.79. The van der Waals surface area contributed by atoms with Crippen LogP contribution in [0.2, 0.25) is 0 Å². The predicted octanol–water partition coefficient (Wildman–Crippen LogP) is 3.30. The number of rotatable bonds is 5. The lowest BCUT2D eigenvalue weighted by molar-refractivity contribution is -0.116. The Kier molecular flexibility index (Phi) is 7.98. The van der Waals surface area contributed by atoms with E-state index in [1.165, 1.54) is 0 Å². The van der Waals surface area contributed by atoms with Crippen LogP contribution in [-0.2, 0) is 9.53 Å². The van der Waals surface area contributed by atoms with Gasteiger partial charge in [-0.25, -0.2) is 4.79 Å². The van der Waals surface area contributed by atoms with Gasteiger partial charge in [-0.3, -0.25) is 4.79 Å². The first-order chi connectivity index (χ1) is 9.21. The largest absolute Gasteiger partial charge is 0.444 e. The molecule has 0 spiro atoms. The molecule has 0 saturated carbocycles. The quantitative estimate of drug-likeness (QED) is 0.621. The van der Waals surface area contributed by atoms with Gasteiger partial charge in [-0.05, 0) is 39.0 Å². The molecule has 2 atom stereocenters. The molecule has 0 aliphatic heterocycles. The maximum atomic E-state index is 12.1. The average molecular weight is 281 g/mol. The molecule has 0 aromatic heterocycles. The van der Waals surface area contributed by atoms with Crippen molar-refractivity contribution in [2.24, 2.45) is 5.92 Å². The normalized spacial score (nSPS) is 13.7. The highest BCUT2D eigenvalue weighted by atomic mass is 16.6. The maximum absolute atomic E-state index is 12.1. The molecule has 0 aromatic carbocycles. The molecule has 0 fully saturated rings. The van der Waals surface area contributed by atoms with Crippen molar-refractivity contribution in [1.82, 2.24) is 5.32 Å². The highest BCUT2D eigenvalue weighted by Gasteiger charge is 2.27. The van der Waals surface area contributed by atoms with Gasteiger partial charge in [0.15, 0.2) is 0 Å². The van der Waals surface area contributed by atoms with Crippen LogP contribution >= 0.6 is 0 Å². The SMILES string of the molecule is CCCC#CC(=O)[C@@H](NC(=O)OC(C)(C)C)[C@@H](C)CC. The van der Waals surface area contributed by atoms with Gasteiger partial charge in [-0.1, -0.05) is 33.1 Å². The fraction of sp³-hybridized carbons (Fsp3) is 0.750. The molecule has 0 radical (unpaired) electrons. The van der Waals surface area contributed by atoms with Crippen LogP contribution < -0.4 is 5.32 Å². The zero-order valence-electron chi connectivity index (χ0n) is 13.5. The van der Waals surface area contributed by atoms with E-state index in [0.29, 0.717) is 6.42 Å². The fourth-order valence-corrected chi connectivity index (χ4v) is 1.49. The van der Waals surface area contributed by atoms with Gasteiger partial charge in [0.05, 0.1) is 0 Å². The van der Waals surface area contributed by atoms with Crippen LogP contribution in [0.15, 0.2) is 0 Å². The molecule has 0 saturated heterocycles. The summed E-state index contributed by atoms with van der Waals surface area (Å²) in [5.74, 6) is 5.20. The van der Waals surface area contributed by atoms with Gasteiger partial charge in [0.25, 0.3) is 0 Å². The molecule has 4 heteroatoms. The number of carbonyl (C=O) groups is 2. The molecule has 1 N–H and O–H groups in total. The Bertz CT molecular complexity index is 385. The fourth-order valence-electron chi connectivity index (χ4n) is 1.49. The summed E-state index contributed by atoms with van der Waals surface area (Å²) in [6, 6.07) is -0.612. The second-order valence-electron chi connectivity index (χ2n) is 5.93. The van der Waals surface area contributed by atoms with Crippen LogP contribution in [0.5, 0.6) is 0 Å². The average Bonchev–Trinajstić information content (AvgIpc) is 2.33. The summed E-state index contributed by atoms with van der Waals surface area (Å²) in [5.41, 5.74) is -0.582. The lowest BCUT2D eigenvalue weighted by Crippen LogP contribution is -2.46. The third-order valence-electron chi connectivity index (χ3n) is 2.75. The van der Waals surface area contributed by atoms with Crippen molar-refractivity contribution >= 4 is 11.9 Å². The third-order valence-corrected chi connectivity index (χ3v) is 2.75. The highest BCUT2D eigenvalue weighted by Crippen LogP contribution is 2.11. The molecule has 0 rings (SSSR count). The van der Waals surface area contributed by atoms with Crippen molar-refractivity contribution in [1.29, 1.82) is 0 Å². The second kappa shape index (κ2) is 8.63. The van der Waals surface area contributed by atoms with E-state index in [2.05, 4.69) is 17.2 Å². The van der Waals surface area contributed by atoms with Crippen LogP contribution in [0, 0.1) is 17.8 Å². The van der Waals surface area contributed by atoms with E-state index >= 15 is 0 Å². The van der Waals surface area contributed by atoms with Gasteiger partial charge in [-0.2, -0.15) is 0 Å². The minimum atomic E-state index is -0.612. The smallest absolute Gasteiger partial charge is 0.408 e. The predicted molar refractivity (Wildman–Crippen MR) is 80.3 cm³/mol. The topological polar surface area (TPSA) is 55.4 Å². The molecular weight excluding hydrogens is 254 g/mol. The molecule has 4 nitrogen and oxygen atoms in total. The molecule has 0 heterocycles. The van der Waals surface area contributed by atoms with Crippen LogP contribution in [0.1, 0.15) is 60.8 Å². The van der Waals surface area contributed by atoms with Crippen LogP contribution in [0.3, 0.4) is 0 Å². The second-order valence-corrected chi connectivity index (χ2v) is 5.93. The summed E-state index contributed by atoms with van der Waals surface area (Å²) in [4.78, 5) is 23.9. The van der Waals surface area contributed by atoms with E-state index < -0.39 is 17.7 Å². The Morgan fingerprint density at radius 2 is 1.85 bits per heavy atom. The first-order valence-corrected chi connectivity index (χ1v) is 7.23. The number of alkyl carbamates (subject to hydrolysis) is 1. The van der Waals surface area contributed by atoms with Gasteiger partial charge in [0, 0.05) is 6.42 Å². The zero-order valence-corrected chi connectivity index (χ0v) is 13.5. The lowest BCUT2D eigenvalue weighted by Gasteiger charge is -2.24. The van der Waals surface area contributed by atoms with E-state index in [1.54, 1.807) is 20.8 Å². The molecule has 0 bridgehead atoms. The van der Waals surface area contributed by atoms with E-state index in [4.69, 9.17) is 4.74 Å². The molecular formula is C16H27NO3.